The van der Waals surface area contributed by atoms with Gasteiger partial charge in [0, 0.05) is 19.4 Å². The molecule has 0 fully saturated rings. The molecule has 0 aliphatic heterocycles. The smallest absolute Gasteiger partial charge is 0.280 e. The van der Waals surface area contributed by atoms with E-state index in [9.17, 15) is 14.7 Å². The Kier molecular flexibility index (Phi) is 3.30. The number of nitrogens with zero attached hydrogens (tertiary/aromatic N) is 3. The van der Waals surface area contributed by atoms with Crippen LogP contribution in [-0.2, 0) is 4.79 Å². The molecule has 0 bridgehead atoms. The maximum atomic E-state index is 11.9. The second kappa shape index (κ2) is 5.13. The lowest BCUT2D eigenvalue weighted by Gasteiger charge is -2.12. The lowest BCUT2D eigenvalue weighted by molar-refractivity contribution is -0.114. The summed E-state index contributed by atoms with van der Waals surface area (Å²) in [5.41, 5.74) is 0.240. The number of carbonyl (C=O) groups excluding carboxylic acids is 1. The standard InChI is InChI=1S/C13H15N5O3/c1-7(20)15-13-16-11-10(12(21)17-13)14-6-18(11)9-3-2-8(4-9)5-19/h2-3,6,8-9,19H,4-5H2,1H3,(H2,15,16,17,20,21)/t8-,9+/m1/s1. The van der Waals surface area contributed by atoms with Gasteiger partial charge in [-0.15, -0.1) is 0 Å². The molecular weight excluding hydrogens is 274 g/mol. The first-order chi connectivity index (χ1) is 10.1. The zero-order valence-electron chi connectivity index (χ0n) is 11.4. The van der Waals surface area contributed by atoms with E-state index in [-0.39, 0.29) is 35.9 Å². The molecule has 8 nitrogen and oxygen atoms in total. The van der Waals surface area contributed by atoms with Crippen molar-refractivity contribution in [1.29, 1.82) is 0 Å². The van der Waals surface area contributed by atoms with Gasteiger partial charge in [0.05, 0.1) is 12.4 Å². The van der Waals surface area contributed by atoms with Crippen LogP contribution in [0.1, 0.15) is 19.4 Å². The number of imidazole rings is 1. The fraction of sp³-hybridized carbons (Fsp3) is 0.385. The Morgan fingerprint density at radius 2 is 2.38 bits per heavy atom. The van der Waals surface area contributed by atoms with E-state index in [1.807, 2.05) is 12.2 Å². The maximum absolute atomic E-state index is 11.9. The number of H-pyrrole nitrogens is 1. The van der Waals surface area contributed by atoms with Gasteiger partial charge in [-0.25, -0.2) is 4.98 Å². The monoisotopic (exact) mass is 289 g/mol. The van der Waals surface area contributed by atoms with Crippen LogP contribution in [0.2, 0.25) is 0 Å². The third kappa shape index (κ3) is 2.45. The molecule has 2 aromatic heterocycles. The molecule has 3 rings (SSSR count). The minimum absolute atomic E-state index is 0.00775. The van der Waals surface area contributed by atoms with Gasteiger partial charge in [0.1, 0.15) is 0 Å². The van der Waals surface area contributed by atoms with E-state index in [4.69, 9.17) is 0 Å². The van der Waals surface area contributed by atoms with Crippen molar-refractivity contribution in [3.63, 3.8) is 0 Å². The molecule has 0 radical (unpaired) electrons. The molecule has 21 heavy (non-hydrogen) atoms. The van der Waals surface area contributed by atoms with Crippen LogP contribution in [-0.4, -0.2) is 37.1 Å². The highest BCUT2D eigenvalue weighted by Gasteiger charge is 2.22. The van der Waals surface area contributed by atoms with Crippen LogP contribution in [0.3, 0.4) is 0 Å². The zero-order chi connectivity index (χ0) is 15.0. The van der Waals surface area contributed by atoms with Crippen molar-refractivity contribution in [2.24, 2.45) is 5.92 Å². The van der Waals surface area contributed by atoms with Gasteiger partial charge in [-0.3, -0.25) is 19.9 Å². The third-order valence-electron chi connectivity index (χ3n) is 3.47. The summed E-state index contributed by atoms with van der Waals surface area (Å²) in [5, 5.41) is 11.6. The largest absolute Gasteiger partial charge is 0.396 e. The van der Waals surface area contributed by atoms with Gasteiger partial charge in [-0.05, 0) is 6.42 Å². The van der Waals surface area contributed by atoms with Crippen molar-refractivity contribution >= 4 is 23.0 Å². The Labute approximate surface area is 119 Å². The second-order valence-corrected chi connectivity index (χ2v) is 5.05. The summed E-state index contributed by atoms with van der Waals surface area (Å²) in [6, 6.07) is -0.00775. The molecule has 0 spiro atoms. The fourth-order valence-electron chi connectivity index (χ4n) is 2.49. The quantitative estimate of drug-likeness (QED) is 0.698. The first-order valence-electron chi connectivity index (χ1n) is 6.62. The van der Waals surface area contributed by atoms with Crippen molar-refractivity contribution in [3.05, 3.63) is 28.8 Å². The summed E-state index contributed by atoms with van der Waals surface area (Å²) in [6.45, 7) is 1.43. The number of amides is 1. The molecule has 0 aromatic carbocycles. The molecule has 2 atom stereocenters. The van der Waals surface area contributed by atoms with Crippen LogP contribution in [0.15, 0.2) is 23.3 Å². The third-order valence-corrected chi connectivity index (χ3v) is 3.47. The average molecular weight is 289 g/mol. The Bertz CT molecular complexity index is 776. The van der Waals surface area contributed by atoms with Gasteiger partial charge < -0.3 is 9.67 Å². The van der Waals surface area contributed by atoms with Crippen molar-refractivity contribution < 1.29 is 9.90 Å². The number of aliphatic hydroxyl groups excluding tert-OH is 1. The highest BCUT2D eigenvalue weighted by atomic mass is 16.3. The minimum atomic E-state index is -0.400. The van der Waals surface area contributed by atoms with E-state index in [1.165, 1.54) is 6.92 Å². The summed E-state index contributed by atoms with van der Waals surface area (Å²) in [7, 11) is 0. The first kappa shape index (κ1) is 13.5. The minimum Gasteiger partial charge on any atom is -0.396 e. The molecule has 8 heteroatoms. The molecule has 1 aliphatic rings. The van der Waals surface area contributed by atoms with Crippen molar-refractivity contribution in [1.82, 2.24) is 19.5 Å². The maximum Gasteiger partial charge on any atom is 0.280 e. The topological polar surface area (TPSA) is 113 Å². The predicted molar refractivity (Wildman–Crippen MR) is 75.8 cm³/mol. The van der Waals surface area contributed by atoms with Gasteiger partial charge in [0.2, 0.25) is 11.9 Å². The summed E-state index contributed by atoms with van der Waals surface area (Å²) >= 11 is 0. The number of nitrogens with one attached hydrogen (secondary N) is 2. The molecular formula is C13H15N5O3. The van der Waals surface area contributed by atoms with Gasteiger partial charge in [-0.2, -0.15) is 4.98 Å². The number of carbonyl (C=O) groups is 1. The molecule has 0 unspecified atom stereocenters. The Balaban J connectivity index is 2.04. The number of anilines is 1. The van der Waals surface area contributed by atoms with Gasteiger partial charge >= 0.3 is 0 Å². The zero-order valence-corrected chi connectivity index (χ0v) is 11.4. The molecule has 0 saturated carbocycles. The molecule has 3 N–H and O–H groups in total. The van der Waals surface area contributed by atoms with Crippen LogP contribution in [0.4, 0.5) is 5.95 Å². The Morgan fingerprint density at radius 3 is 3.05 bits per heavy atom. The van der Waals surface area contributed by atoms with E-state index in [0.29, 0.717) is 5.65 Å². The number of rotatable bonds is 3. The molecule has 1 aliphatic carbocycles. The molecule has 110 valence electrons. The Hall–Kier alpha value is -2.48. The van der Waals surface area contributed by atoms with Gasteiger partial charge in [0.25, 0.3) is 5.56 Å². The molecule has 1 amide bonds. The fourth-order valence-corrected chi connectivity index (χ4v) is 2.49. The number of hydrogen-bond donors (Lipinski definition) is 3. The van der Waals surface area contributed by atoms with Crippen LogP contribution in [0.5, 0.6) is 0 Å². The summed E-state index contributed by atoms with van der Waals surface area (Å²) in [4.78, 5) is 33.8. The van der Waals surface area contributed by atoms with E-state index >= 15 is 0 Å². The van der Waals surface area contributed by atoms with E-state index in [0.717, 1.165) is 6.42 Å². The Morgan fingerprint density at radius 1 is 1.57 bits per heavy atom. The van der Waals surface area contributed by atoms with Crippen LogP contribution < -0.4 is 10.9 Å². The summed E-state index contributed by atoms with van der Waals surface area (Å²) in [5.74, 6) is -0.114. The number of aromatic amines is 1. The normalized spacial score (nSPS) is 21.0. The van der Waals surface area contributed by atoms with Crippen molar-refractivity contribution in [3.8, 4) is 0 Å². The predicted octanol–water partition coefficient (Wildman–Crippen LogP) is 0.187. The summed E-state index contributed by atoms with van der Waals surface area (Å²) < 4.78 is 1.78. The number of aromatic nitrogens is 4. The number of hydrogen-bond acceptors (Lipinski definition) is 5. The number of allylic oxidation sites excluding steroid dienone is 1. The lowest BCUT2D eigenvalue weighted by atomic mass is 10.1. The van der Waals surface area contributed by atoms with Gasteiger partial charge in [0.15, 0.2) is 11.2 Å². The number of aliphatic hydroxyl groups is 1. The van der Waals surface area contributed by atoms with Crippen LogP contribution in [0, 0.1) is 5.92 Å². The molecule has 2 aromatic rings. The molecule has 0 saturated heterocycles. The van der Waals surface area contributed by atoms with Gasteiger partial charge in [-0.1, -0.05) is 12.2 Å². The highest BCUT2D eigenvalue weighted by Crippen LogP contribution is 2.29. The van der Waals surface area contributed by atoms with E-state index in [2.05, 4.69) is 20.3 Å². The van der Waals surface area contributed by atoms with E-state index < -0.39 is 5.56 Å². The summed E-state index contributed by atoms with van der Waals surface area (Å²) in [6.07, 6.45) is 6.19. The number of fused-ring (bicyclic) bond motifs is 1. The van der Waals surface area contributed by atoms with Crippen molar-refractivity contribution in [2.75, 3.05) is 11.9 Å². The SMILES string of the molecule is CC(=O)Nc1nc2c(ncn2[C@H]2C=C[C@@H](CO)C2)c(=O)[nH]1. The van der Waals surface area contributed by atoms with Crippen LogP contribution in [0.25, 0.3) is 11.2 Å². The van der Waals surface area contributed by atoms with Crippen molar-refractivity contribution in [2.45, 2.75) is 19.4 Å². The van der Waals surface area contributed by atoms with Crippen LogP contribution >= 0.6 is 0 Å². The highest BCUT2D eigenvalue weighted by molar-refractivity contribution is 5.87. The molecule has 2 heterocycles. The lowest BCUT2D eigenvalue weighted by Crippen LogP contribution is -2.17. The second-order valence-electron chi connectivity index (χ2n) is 5.05. The van der Waals surface area contributed by atoms with E-state index in [1.54, 1.807) is 10.9 Å². The average Bonchev–Trinajstić information content (AvgIpc) is 3.03. The first-order valence-corrected chi connectivity index (χ1v) is 6.62.